The van der Waals surface area contributed by atoms with Crippen molar-refractivity contribution >= 4 is 16.9 Å². The maximum Gasteiger partial charge on any atom is 0.384 e. The van der Waals surface area contributed by atoms with Crippen LogP contribution in [0.15, 0.2) is 71.9 Å². The van der Waals surface area contributed by atoms with Gasteiger partial charge in [0.25, 0.3) is 0 Å². The van der Waals surface area contributed by atoms with Crippen LogP contribution in [0.4, 0.5) is 5.82 Å². The first-order valence-electron chi connectivity index (χ1n) is 8.02. The number of aromatic nitrogens is 4. The van der Waals surface area contributed by atoms with Gasteiger partial charge in [-0.25, -0.2) is 9.78 Å². The summed E-state index contributed by atoms with van der Waals surface area (Å²) in [6.07, 6.45) is 5.02. The molecule has 0 aliphatic heterocycles. The van der Waals surface area contributed by atoms with Gasteiger partial charge in [-0.05, 0) is 47.0 Å². The summed E-state index contributed by atoms with van der Waals surface area (Å²) in [5.41, 5.74) is 2.59. The van der Waals surface area contributed by atoms with Crippen molar-refractivity contribution < 1.29 is 5.21 Å². The number of nitrogens with zero attached hydrogens (tertiary/aromatic N) is 4. The van der Waals surface area contributed by atoms with Crippen LogP contribution < -0.4 is 11.0 Å². The normalized spacial score (nSPS) is 10.8. The Hall–Kier alpha value is -3.74. The van der Waals surface area contributed by atoms with E-state index >= 15 is 0 Å². The fraction of sp³-hybridized carbons (Fsp3) is 0.0526. The summed E-state index contributed by atoms with van der Waals surface area (Å²) in [6.45, 7) is 0.477. The monoisotopic (exact) mass is 345 g/mol. The van der Waals surface area contributed by atoms with E-state index in [1.807, 2.05) is 30.3 Å². The largest absolute Gasteiger partial charge is 0.422 e. The summed E-state index contributed by atoms with van der Waals surface area (Å²) in [6, 6.07) is 15.4. The van der Waals surface area contributed by atoms with Crippen LogP contribution in [0.3, 0.4) is 0 Å². The molecule has 4 aromatic rings. The molecule has 0 unspecified atom stereocenters. The summed E-state index contributed by atoms with van der Waals surface area (Å²) < 4.78 is 0.449. The minimum atomic E-state index is -0.774. The lowest BCUT2D eigenvalue weighted by Crippen LogP contribution is -2.23. The molecule has 0 saturated carbocycles. The van der Waals surface area contributed by atoms with Crippen LogP contribution in [0.2, 0.25) is 0 Å². The van der Waals surface area contributed by atoms with Crippen molar-refractivity contribution in [2.24, 2.45) is 0 Å². The fourth-order valence-electron chi connectivity index (χ4n) is 2.77. The van der Waals surface area contributed by atoms with Crippen LogP contribution in [0.1, 0.15) is 5.56 Å². The van der Waals surface area contributed by atoms with Crippen LogP contribution in [-0.2, 0) is 6.54 Å². The molecule has 128 valence electrons. The topological polar surface area (TPSA) is 92.9 Å². The first-order chi connectivity index (χ1) is 12.7. The fourth-order valence-corrected chi connectivity index (χ4v) is 2.77. The molecular weight excluding hydrogens is 330 g/mol. The van der Waals surface area contributed by atoms with Gasteiger partial charge in [-0.1, -0.05) is 18.2 Å². The summed E-state index contributed by atoms with van der Waals surface area (Å²) in [5, 5.41) is 13.5. The smallest absolute Gasteiger partial charge is 0.384 e. The number of pyridine rings is 2. The van der Waals surface area contributed by atoms with E-state index < -0.39 is 5.69 Å². The molecule has 7 heteroatoms. The van der Waals surface area contributed by atoms with Gasteiger partial charge in [0.2, 0.25) is 0 Å². The van der Waals surface area contributed by atoms with Gasteiger partial charge in [0, 0.05) is 25.1 Å². The predicted molar refractivity (Wildman–Crippen MR) is 98.0 cm³/mol. The zero-order valence-corrected chi connectivity index (χ0v) is 13.7. The highest BCUT2D eigenvalue weighted by molar-refractivity contribution is 5.86. The van der Waals surface area contributed by atoms with Crippen molar-refractivity contribution in [3.05, 3.63) is 83.2 Å². The maximum atomic E-state index is 11.8. The summed E-state index contributed by atoms with van der Waals surface area (Å²) in [7, 11) is 0. The van der Waals surface area contributed by atoms with Crippen molar-refractivity contribution in [3.63, 3.8) is 0 Å². The third-order valence-electron chi connectivity index (χ3n) is 4.03. The number of hydrogen-bond acceptors (Lipinski definition) is 6. The van der Waals surface area contributed by atoms with Gasteiger partial charge in [0.05, 0.1) is 5.39 Å². The Labute approximate surface area is 148 Å². The quantitative estimate of drug-likeness (QED) is 0.553. The van der Waals surface area contributed by atoms with E-state index in [1.165, 1.54) is 6.20 Å². The minimum absolute atomic E-state index is 0.167. The molecule has 0 atom stereocenters. The number of rotatable bonds is 4. The molecule has 0 aliphatic rings. The number of anilines is 1. The van der Waals surface area contributed by atoms with Gasteiger partial charge in [-0.3, -0.25) is 4.98 Å². The number of nitrogens with one attached hydrogen (secondary N) is 1. The second-order valence-corrected chi connectivity index (χ2v) is 5.72. The Morgan fingerprint density at radius 1 is 1.00 bits per heavy atom. The zero-order valence-electron chi connectivity index (χ0n) is 13.7. The summed E-state index contributed by atoms with van der Waals surface area (Å²) in [4.78, 5) is 23.8. The lowest BCUT2D eigenvalue weighted by molar-refractivity contribution is 0.182. The third-order valence-corrected chi connectivity index (χ3v) is 4.03. The van der Waals surface area contributed by atoms with Gasteiger partial charge in [0.1, 0.15) is 5.82 Å². The van der Waals surface area contributed by atoms with Gasteiger partial charge < -0.3 is 10.5 Å². The van der Waals surface area contributed by atoms with E-state index in [0.717, 1.165) is 16.7 Å². The average Bonchev–Trinajstić information content (AvgIpc) is 2.70. The van der Waals surface area contributed by atoms with E-state index in [2.05, 4.69) is 26.3 Å². The molecule has 3 aromatic heterocycles. The zero-order chi connectivity index (χ0) is 17.9. The molecule has 0 saturated heterocycles. The SMILES string of the molecule is O=c1nc(NCc2cccc(-c3ccncc3)c2)c2cccnc2n1O. The van der Waals surface area contributed by atoms with Gasteiger partial charge in [-0.15, -0.1) is 4.73 Å². The molecular formula is C19H15N5O2. The van der Waals surface area contributed by atoms with Crippen molar-refractivity contribution in [3.8, 4) is 11.1 Å². The molecule has 0 aliphatic carbocycles. The molecule has 0 amide bonds. The Balaban J connectivity index is 1.64. The summed E-state index contributed by atoms with van der Waals surface area (Å²) in [5.74, 6) is 0.387. The number of benzene rings is 1. The highest BCUT2D eigenvalue weighted by Crippen LogP contribution is 2.21. The van der Waals surface area contributed by atoms with E-state index in [-0.39, 0.29) is 5.65 Å². The molecule has 7 nitrogen and oxygen atoms in total. The Bertz CT molecular complexity index is 1130. The van der Waals surface area contributed by atoms with Crippen molar-refractivity contribution in [1.29, 1.82) is 0 Å². The Morgan fingerprint density at radius 3 is 2.69 bits per heavy atom. The summed E-state index contributed by atoms with van der Waals surface area (Å²) >= 11 is 0. The highest BCUT2D eigenvalue weighted by atomic mass is 16.5. The van der Waals surface area contributed by atoms with Crippen molar-refractivity contribution in [1.82, 2.24) is 19.7 Å². The lowest BCUT2D eigenvalue weighted by atomic mass is 10.0. The molecule has 0 radical (unpaired) electrons. The van der Waals surface area contributed by atoms with Crippen LogP contribution >= 0.6 is 0 Å². The van der Waals surface area contributed by atoms with Crippen LogP contribution in [0.5, 0.6) is 0 Å². The van der Waals surface area contributed by atoms with Crippen LogP contribution in [-0.4, -0.2) is 24.9 Å². The number of fused-ring (bicyclic) bond motifs is 1. The Kier molecular flexibility index (Phi) is 4.03. The van der Waals surface area contributed by atoms with Crippen molar-refractivity contribution in [2.45, 2.75) is 6.54 Å². The van der Waals surface area contributed by atoms with E-state index in [0.29, 0.717) is 22.5 Å². The first kappa shape index (κ1) is 15.8. The van der Waals surface area contributed by atoms with Crippen molar-refractivity contribution in [2.75, 3.05) is 5.32 Å². The maximum absolute atomic E-state index is 11.8. The Morgan fingerprint density at radius 2 is 1.85 bits per heavy atom. The predicted octanol–water partition coefficient (Wildman–Crippen LogP) is 2.70. The molecule has 0 spiro atoms. The standard InChI is InChI=1S/C19H15N5O2/c25-19-23-17(16-5-2-8-21-18(16)24(19)26)22-12-13-3-1-4-15(11-13)14-6-9-20-10-7-14/h1-11,26H,12H2,(H,22,23,25). The second kappa shape index (κ2) is 6.64. The van der Waals surface area contributed by atoms with Gasteiger partial charge in [-0.2, -0.15) is 4.98 Å². The molecule has 26 heavy (non-hydrogen) atoms. The van der Waals surface area contributed by atoms with E-state index in [1.54, 1.807) is 24.5 Å². The van der Waals surface area contributed by atoms with E-state index in [4.69, 9.17) is 0 Å². The molecule has 2 N–H and O–H groups in total. The second-order valence-electron chi connectivity index (χ2n) is 5.72. The average molecular weight is 345 g/mol. The minimum Gasteiger partial charge on any atom is -0.422 e. The first-order valence-corrected chi connectivity index (χ1v) is 8.02. The highest BCUT2D eigenvalue weighted by Gasteiger charge is 2.10. The van der Waals surface area contributed by atoms with Gasteiger partial charge in [0.15, 0.2) is 5.65 Å². The number of hydrogen-bond donors (Lipinski definition) is 2. The molecule has 0 bridgehead atoms. The molecule has 0 fully saturated rings. The van der Waals surface area contributed by atoms with E-state index in [9.17, 15) is 10.0 Å². The molecule has 3 heterocycles. The third kappa shape index (κ3) is 2.98. The molecule has 1 aromatic carbocycles. The van der Waals surface area contributed by atoms with Crippen LogP contribution in [0, 0.1) is 0 Å². The lowest BCUT2D eigenvalue weighted by Gasteiger charge is -2.10. The van der Waals surface area contributed by atoms with Crippen LogP contribution in [0.25, 0.3) is 22.2 Å². The molecule has 4 rings (SSSR count). The van der Waals surface area contributed by atoms with Gasteiger partial charge >= 0.3 is 5.69 Å².